The Morgan fingerprint density at radius 2 is 2.25 bits per heavy atom. The maximum Gasteiger partial charge on any atom is 0.0892 e. The number of ether oxygens (including phenoxy) is 1. The van der Waals surface area contributed by atoms with Crippen LogP contribution in [-0.2, 0) is 4.74 Å². The van der Waals surface area contributed by atoms with Crippen molar-refractivity contribution in [2.45, 2.75) is 12.5 Å². The molecule has 3 nitrogen and oxygen atoms in total. The molecule has 1 aromatic rings. The van der Waals surface area contributed by atoms with Crippen LogP contribution in [0.4, 0.5) is 0 Å². The third-order valence-electron chi connectivity index (χ3n) is 3.32. The van der Waals surface area contributed by atoms with E-state index in [9.17, 15) is 5.11 Å². The maximum atomic E-state index is 10.5. The van der Waals surface area contributed by atoms with E-state index in [1.807, 2.05) is 24.3 Å². The number of nitrogens with two attached hydrogens (primary N) is 1. The van der Waals surface area contributed by atoms with Gasteiger partial charge in [0.2, 0.25) is 0 Å². The molecule has 0 amide bonds. The third-order valence-corrected chi connectivity index (χ3v) is 4.04. The molecule has 2 atom stereocenters. The highest BCUT2D eigenvalue weighted by Gasteiger charge is 2.41. The summed E-state index contributed by atoms with van der Waals surface area (Å²) in [7, 11) is 0. The Morgan fingerprint density at radius 1 is 1.50 bits per heavy atom. The molecule has 0 radical (unpaired) electrons. The molecule has 1 aliphatic rings. The lowest BCUT2D eigenvalue weighted by Gasteiger charge is -2.32. The van der Waals surface area contributed by atoms with Crippen LogP contribution in [0.15, 0.2) is 28.7 Å². The lowest BCUT2D eigenvalue weighted by Crippen LogP contribution is -2.37. The first-order valence-corrected chi connectivity index (χ1v) is 6.19. The minimum Gasteiger partial charge on any atom is -0.388 e. The lowest BCUT2D eigenvalue weighted by molar-refractivity contribution is 0.0186. The molecule has 2 unspecified atom stereocenters. The van der Waals surface area contributed by atoms with Gasteiger partial charge in [-0.15, -0.1) is 0 Å². The molecule has 0 bridgehead atoms. The van der Waals surface area contributed by atoms with Crippen molar-refractivity contribution in [3.8, 4) is 0 Å². The highest BCUT2D eigenvalue weighted by Crippen LogP contribution is 2.42. The number of aliphatic hydroxyl groups is 1. The Morgan fingerprint density at radius 3 is 2.81 bits per heavy atom. The second-order valence-corrected chi connectivity index (χ2v) is 5.15. The Balaban J connectivity index is 2.30. The molecular formula is C12H16BrNO2. The second-order valence-electron chi connectivity index (χ2n) is 4.29. The second kappa shape index (κ2) is 4.84. The van der Waals surface area contributed by atoms with E-state index in [2.05, 4.69) is 15.9 Å². The van der Waals surface area contributed by atoms with Gasteiger partial charge in [0, 0.05) is 23.0 Å². The van der Waals surface area contributed by atoms with Crippen LogP contribution in [0.5, 0.6) is 0 Å². The first kappa shape index (κ1) is 12.0. The third kappa shape index (κ3) is 2.02. The quantitative estimate of drug-likeness (QED) is 0.891. The number of halogens is 1. The average molecular weight is 286 g/mol. The van der Waals surface area contributed by atoms with Gasteiger partial charge in [-0.05, 0) is 18.1 Å². The minimum absolute atomic E-state index is 0.329. The number of rotatable bonds is 3. The highest BCUT2D eigenvalue weighted by molar-refractivity contribution is 9.10. The molecule has 1 aliphatic heterocycles. The Hall–Kier alpha value is -0.420. The zero-order valence-electron chi connectivity index (χ0n) is 9.03. The highest BCUT2D eigenvalue weighted by atomic mass is 79.9. The first-order chi connectivity index (χ1) is 7.69. The molecule has 0 spiro atoms. The van der Waals surface area contributed by atoms with E-state index in [-0.39, 0.29) is 5.41 Å². The zero-order valence-corrected chi connectivity index (χ0v) is 10.6. The summed E-state index contributed by atoms with van der Waals surface area (Å²) in [4.78, 5) is 0. The van der Waals surface area contributed by atoms with Crippen molar-refractivity contribution in [1.82, 2.24) is 0 Å². The van der Waals surface area contributed by atoms with Gasteiger partial charge < -0.3 is 15.6 Å². The van der Waals surface area contributed by atoms with E-state index in [0.717, 1.165) is 16.5 Å². The van der Waals surface area contributed by atoms with Gasteiger partial charge in [-0.3, -0.25) is 0 Å². The summed E-state index contributed by atoms with van der Waals surface area (Å²) >= 11 is 3.46. The Kier molecular flexibility index (Phi) is 3.64. The standard InChI is InChI=1S/C12H16BrNO2/c13-10-4-2-1-3-9(10)11(15)12(7-14)5-6-16-8-12/h1-4,11,15H,5-8,14H2. The maximum absolute atomic E-state index is 10.5. The van der Waals surface area contributed by atoms with Crippen molar-refractivity contribution in [2.24, 2.45) is 11.1 Å². The number of hydrogen-bond donors (Lipinski definition) is 2. The van der Waals surface area contributed by atoms with Crippen LogP contribution in [0, 0.1) is 5.41 Å². The monoisotopic (exact) mass is 285 g/mol. The molecule has 4 heteroatoms. The fourth-order valence-corrected chi connectivity index (χ4v) is 2.64. The van der Waals surface area contributed by atoms with Crippen molar-refractivity contribution in [2.75, 3.05) is 19.8 Å². The predicted molar refractivity (Wildman–Crippen MR) is 66.0 cm³/mol. The molecule has 0 saturated carbocycles. The fraction of sp³-hybridized carbons (Fsp3) is 0.500. The van der Waals surface area contributed by atoms with E-state index in [1.54, 1.807) is 0 Å². The van der Waals surface area contributed by atoms with Crippen LogP contribution >= 0.6 is 15.9 Å². The summed E-state index contributed by atoms with van der Waals surface area (Å²) < 4.78 is 6.30. The molecule has 88 valence electrons. The predicted octanol–water partition coefficient (Wildman–Crippen LogP) is 1.85. The molecule has 1 saturated heterocycles. The van der Waals surface area contributed by atoms with Crippen LogP contribution in [0.3, 0.4) is 0 Å². The van der Waals surface area contributed by atoms with Gasteiger partial charge in [-0.25, -0.2) is 0 Å². The summed E-state index contributed by atoms with van der Waals surface area (Å²) in [6.07, 6.45) is 0.238. The lowest BCUT2D eigenvalue weighted by atomic mass is 9.78. The van der Waals surface area contributed by atoms with Crippen molar-refractivity contribution in [1.29, 1.82) is 0 Å². The number of benzene rings is 1. The van der Waals surface area contributed by atoms with Crippen LogP contribution in [0.25, 0.3) is 0 Å². The van der Waals surface area contributed by atoms with Gasteiger partial charge in [-0.1, -0.05) is 34.1 Å². The Bertz CT molecular complexity index is 364. The summed E-state index contributed by atoms with van der Waals surface area (Å²) in [5.74, 6) is 0. The van der Waals surface area contributed by atoms with Crippen LogP contribution in [-0.4, -0.2) is 24.9 Å². The van der Waals surface area contributed by atoms with E-state index < -0.39 is 6.10 Å². The van der Waals surface area contributed by atoms with Gasteiger partial charge >= 0.3 is 0 Å². The van der Waals surface area contributed by atoms with E-state index >= 15 is 0 Å². The van der Waals surface area contributed by atoms with Crippen molar-refractivity contribution < 1.29 is 9.84 Å². The van der Waals surface area contributed by atoms with E-state index in [0.29, 0.717) is 19.8 Å². The van der Waals surface area contributed by atoms with Crippen LogP contribution < -0.4 is 5.73 Å². The molecule has 1 heterocycles. The molecule has 3 N–H and O–H groups in total. The molecule has 16 heavy (non-hydrogen) atoms. The van der Waals surface area contributed by atoms with Crippen molar-refractivity contribution in [3.05, 3.63) is 34.3 Å². The summed E-state index contributed by atoms with van der Waals surface area (Å²) in [5, 5.41) is 10.5. The van der Waals surface area contributed by atoms with E-state index in [4.69, 9.17) is 10.5 Å². The summed E-state index contributed by atoms with van der Waals surface area (Å²) in [5.41, 5.74) is 6.36. The van der Waals surface area contributed by atoms with Gasteiger partial charge in [0.25, 0.3) is 0 Å². The number of hydrogen-bond acceptors (Lipinski definition) is 3. The molecule has 2 rings (SSSR count). The van der Waals surface area contributed by atoms with Gasteiger partial charge in [0.1, 0.15) is 0 Å². The molecule has 0 aromatic heterocycles. The van der Waals surface area contributed by atoms with Crippen LogP contribution in [0.1, 0.15) is 18.1 Å². The number of aliphatic hydroxyl groups excluding tert-OH is 1. The normalized spacial score (nSPS) is 26.9. The van der Waals surface area contributed by atoms with Crippen LogP contribution in [0.2, 0.25) is 0 Å². The zero-order chi connectivity index (χ0) is 11.6. The topological polar surface area (TPSA) is 55.5 Å². The molecule has 1 aromatic carbocycles. The molecule has 1 fully saturated rings. The fourth-order valence-electron chi connectivity index (χ4n) is 2.14. The van der Waals surface area contributed by atoms with E-state index in [1.165, 1.54) is 0 Å². The average Bonchev–Trinajstić information content (AvgIpc) is 2.78. The molecular weight excluding hydrogens is 270 g/mol. The van der Waals surface area contributed by atoms with Crippen molar-refractivity contribution >= 4 is 15.9 Å². The van der Waals surface area contributed by atoms with Gasteiger partial charge in [0.05, 0.1) is 12.7 Å². The van der Waals surface area contributed by atoms with Crippen molar-refractivity contribution in [3.63, 3.8) is 0 Å². The first-order valence-electron chi connectivity index (χ1n) is 5.40. The minimum atomic E-state index is -0.574. The van der Waals surface area contributed by atoms with Gasteiger partial charge in [0.15, 0.2) is 0 Å². The van der Waals surface area contributed by atoms with Gasteiger partial charge in [-0.2, -0.15) is 0 Å². The Labute approximate surface area is 104 Å². The molecule has 0 aliphatic carbocycles. The summed E-state index contributed by atoms with van der Waals surface area (Å²) in [6.45, 7) is 1.65. The SMILES string of the molecule is NCC1(C(O)c2ccccc2Br)CCOC1. The smallest absolute Gasteiger partial charge is 0.0892 e. The summed E-state index contributed by atoms with van der Waals surface area (Å²) in [6, 6.07) is 7.70. The largest absolute Gasteiger partial charge is 0.388 e.